The molecule has 0 bridgehead atoms. The highest BCUT2D eigenvalue weighted by Gasteiger charge is 2.07. The molecule has 0 atom stereocenters. The predicted molar refractivity (Wildman–Crippen MR) is 78.5 cm³/mol. The highest BCUT2D eigenvalue weighted by Crippen LogP contribution is 2.24. The Kier molecular flexibility index (Phi) is 5.00. The molecule has 2 rings (SSSR count). The molecule has 2 aromatic rings. The third kappa shape index (κ3) is 4.36. The summed E-state index contributed by atoms with van der Waals surface area (Å²) < 4.78 is 23.2. The maximum absolute atomic E-state index is 12.9. The predicted octanol–water partition coefficient (Wildman–Crippen LogP) is 3.51. The lowest BCUT2D eigenvalue weighted by Gasteiger charge is -2.09. The molecule has 21 heavy (non-hydrogen) atoms. The molecule has 4 nitrogen and oxygen atoms in total. The summed E-state index contributed by atoms with van der Waals surface area (Å²) in [6.45, 7) is -0.234. The minimum Gasteiger partial charge on any atom is -0.497 e. The van der Waals surface area contributed by atoms with Crippen LogP contribution in [-0.4, -0.2) is 19.6 Å². The van der Waals surface area contributed by atoms with Gasteiger partial charge in [0, 0.05) is 11.8 Å². The number of methoxy groups -OCH3 is 1. The van der Waals surface area contributed by atoms with Gasteiger partial charge in [0.1, 0.15) is 17.3 Å². The van der Waals surface area contributed by atoms with Crippen LogP contribution in [-0.2, 0) is 4.79 Å². The Morgan fingerprint density at radius 1 is 1.29 bits per heavy atom. The van der Waals surface area contributed by atoms with Crippen molar-refractivity contribution >= 4 is 23.2 Å². The van der Waals surface area contributed by atoms with E-state index in [-0.39, 0.29) is 23.3 Å². The molecule has 1 amide bonds. The summed E-state index contributed by atoms with van der Waals surface area (Å²) in [4.78, 5) is 11.8. The number of rotatable bonds is 5. The van der Waals surface area contributed by atoms with Gasteiger partial charge in [0.05, 0.1) is 12.1 Å². The Morgan fingerprint density at radius 2 is 2.10 bits per heavy atom. The first-order chi connectivity index (χ1) is 10.1. The third-order valence-electron chi connectivity index (χ3n) is 2.61. The summed E-state index contributed by atoms with van der Waals surface area (Å²) in [5, 5.41) is 2.77. The van der Waals surface area contributed by atoms with Gasteiger partial charge in [-0.15, -0.1) is 0 Å². The minimum atomic E-state index is -0.465. The van der Waals surface area contributed by atoms with E-state index < -0.39 is 5.82 Å². The van der Waals surface area contributed by atoms with Gasteiger partial charge in [-0.3, -0.25) is 4.79 Å². The molecule has 0 unspecified atom stereocenters. The summed E-state index contributed by atoms with van der Waals surface area (Å²) in [5.41, 5.74) is 0.591. The molecule has 2 aromatic carbocycles. The van der Waals surface area contributed by atoms with Crippen molar-refractivity contribution in [2.24, 2.45) is 0 Å². The normalized spacial score (nSPS) is 10.0. The Morgan fingerprint density at radius 3 is 2.81 bits per heavy atom. The third-order valence-corrected chi connectivity index (χ3v) is 2.90. The number of hydrogen-bond donors (Lipinski definition) is 1. The highest BCUT2D eigenvalue weighted by molar-refractivity contribution is 6.32. The van der Waals surface area contributed by atoms with E-state index in [2.05, 4.69) is 5.32 Å². The van der Waals surface area contributed by atoms with Crippen LogP contribution in [0.1, 0.15) is 0 Å². The van der Waals surface area contributed by atoms with Crippen molar-refractivity contribution in [3.05, 3.63) is 53.3 Å². The summed E-state index contributed by atoms with van der Waals surface area (Å²) >= 11 is 5.80. The van der Waals surface area contributed by atoms with Crippen LogP contribution in [0.3, 0.4) is 0 Å². The SMILES string of the molecule is COc1cccc(NC(=O)COc2ccc(F)cc2Cl)c1. The molecule has 0 saturated heterocycles. The zero-order valence-electron chi connectivity index (χ0n) is 11.2. The first kappa shape index (κ1) is 15.1. The fraction of sp³-hybridized carbons (Fsp3) is 0.133. The molecular formula is C15H13ClFNO3. The van der Waals surface area contributed by atoms with Gasteiger partial charge in [-0.2, -0.15) is 0 Å². The fourth-order valence-electron chi connectivity index (χ4n) is 1.63. The number of carbonyl (C=O) groups excluding carboxylic acids is 1. The first-order valence-electron chi connectivity index (χ1n) is 6.10. The molecule has 0 fully saturated rings. The van der Waals surface area contributed by atoms with E-state index in [1.165, 1.54) is 12.1 Å². The van der Waals surface area contributed by atoms with E-state index in [9.17, 15) is 9.18 Å². The molecule has 0 heterocycles. The van der Waals surface area contributed by atoms with E-state index in [4.69, 9.17) is 21.1 Å². The number of anilines is 1. The Bertz CT molecular complexity index is 649. The highest BCUT2D eigenvalue weighted by atomic mass is 35.5. The van der Waals surface area contributed by atoms with E-state index in [1.54, 1.807) is 31.4 Å². The van der Waals surface area contributed by atoms with Crippen LogP contribution in [0.5, 0.6) is 11.5 Å². The van der Waals surface area contributed by atoms with Gasteiger partial charge in [-0.1, -0.05) is 17.7 Å². The van der Waals surface area contributed by atoms with Crippen molar-refractivity contribution < 1.29 is 18.7 Å². The van der Waals surface area contributed by atoms with Gasteiger partial charge in [0.25, 0.3) is 5.91 Å². The van der Waals surface area contributed by atoms with Gasteiger partial charge in [0.15, 0.2) is 6.61 Å². The molecule has 0 aliphatic rings. The lowest BCUT2D eigenvalue weighted by Crippen LogP contribution is -2.20. The van der Waals surface area contributed by atoms with Gasteiger partial charge in [-0.25, -0.2) is 4.39 Å². The average molecular weight is 310 g/mol. The summed E-state index contributed by atoms with van der Waals surface area (Å²) in [7, 11) is 1.54. The van der Waals surface area contributed by atoms with Gasteiger partial charge in [-0.05, 0) is 30.3 Å². The molecule has 0 aromatic heterocycles. The molecule has 0 aliphatic heterocycles. The number of amides is 1. The minimum absolute atomic E-state index is 0.115. The van der Waals surface area contributed by atoms with Gasteiger partial charge >= 0.3 is 0 Å². The summed E-state index contributed by atoms with van der Waals surface area (Å²) in [6, 6.07) is 10.6. The number of nitrogens with one attached hydrogen (secondary N) is 1. The van der Waals surface area contributed by atoms with Gasteiger partial charge < -0.3 is 14.8 Å². The van der Waals surface area contributed by atoms with E-state index in [0.29, 0.717) is 11.4 Å². The molecular weight excluding hydrogens is 297 g/mol. The maximum atomic E-state index is 12.9. The Hall–Kier alpha value is -2.27. The van der Waals surface area contributed by atoms with E-state index >= 15 is 0 Å². The van der Waals surface area contributed by atoms with E-state index in [1.807, 2.05) is 0 Å². The monoisotopic (exact) mass is 309 g/mol. The molecule has 110 valence electrons. The van der Waals surface area contributed by atoms with Crippen LogP contribution >= 0.6 is 11.6 Å². The van der Waals surface area contributed by atoms with Crippen LogP contribution in [0.25, 0.3) is 0 Å². The fourth-order valence-corrected chi connectivity index (χ4v) is 1.86. The van der Waals surface area contributed by atoms with Crippen LogP contribution in [0, 0.1) is 5.82 Å². The maximum Gasteiger partial charge on any atom is 0.262 e. The number of ether oxygens (including phenoxy) is 2. The van der Waals surface area contributed by atoms with Crippen LogP contribution in [0.15, 0.2) is 42.5 Å². The Labute approximate surface area is 126 Å². The standard InChI is InChI=1S/C15H13ClFNO3/c1-20-12-4-2-3-11(8-12)18-15(19)9-21-14-6-5-10(17)7-13(14)16/h2-8H,9H2,1H3,(H,18,19). The van der Waals surface area contributed by atoms with Crippen molar-refractivity contribution in [1.29, 1.82) is 0 Å². The lowest BCUT2D eigenvalue weighted by atomic mass is 10.3. The van der Waals surface area contributed by atoms with Crippen molar-refractivity contribution in [2.75, 3.05) is 19.0 Å². The lowest BCUT2D eigenvalue weighted by molar-refractivity contribution is -0.118. The smallest absolute Gasteiger partial charge is 0.262 e. The number of halogens is 2. The van der Waals surface area contributed by atoms with Crippen LogP contribution in [0.2, 0.25) is 5.02 Å². The zero-order valence-corrected chi connectivity index (χ0v) is 12.0. The average Bonchev–Trinajstić information content (AvgIpc) is 2.46. The molecule has 6 heteroatoms. The summed E-state index contributed by atoms with van der Waals surface area (Å²) in [6.07, 6.45) is 0. The van der Waals surface area contributed by atoms with Gasteiger partial charge in [0.2, 0.25) is 0 Å². The zero-order chi connectivity index (χ0) is 15.2. The van der Waals surface area contributed by atoms with Crippen molar-refractivity contribution in [2.45, 2.75) is 0 Å². The van der Waals surface area contributed by atoms with Crippen molar-refractivity contribution in [3.63, 3.8) is 0 Å². The van der Waals surface area contributed by atoms with Crippen LogP contribution in [0.4, 0.5) is 10.1 Å². The second-order valence-corrected chi connectivity index (χ2v) is 4.55. The van der Waals surface area contributed by atoms with Crippen LogP contribution < -0.4 is 14.8 Å². The molecule has 0 spiro atoms. The van der Waals surface area contributed by atoms with Crippen molar-refractivity contribution in [1.82, 2.24) is 0 Å². The first-order valence-corrected chi connectivity index (χ1v) is 6.48. The number of hydrogen-bond acceptors (Lipinski definition) is 3. The molecule has 0 aliphatic carbocycles. The largest absolute Gasteiger partial charge is 0.497 e. The topological polar surface area (TPSA) is 47.6 Å². The molecule has 0 saturated carbocycles. The molecule has 0 radical (unpaired) electrons. The van der Waals surface area contributed by atoms with Crippen molar-refractivity contribution in [3.8, 4) is 11.5 Å². The molecule has 1 N–H and O–H groups in total. The number of carbonyl (C=O) groups is 1. The summed E-state index contributed by atoms with van der Waals surface area (Å²) in [5.74, 6) is 0.0611. The quantitative estimate of drug-likeness (QED) is 0.919. The Balaban J connectivity index is 1.92. The second-order valence-electron chi connectivity index (χ2n) is 4.14. The number of benzene rings is 2. The second kappa shape index (κ2) is 6.95. The van der Waals surface area contributed by atoms with E-state index in [0.717, 1.165) is 6.07 Å².